The van der Waals surface area contributed by atoms with Gasteiger partial charge < -0.3 is 9.47 Å². The van der Waals surface area contributed by atoms with Crippen molar-refractivity contribution < 1.29 is 22.7 Å². The summed E-state index contributed by atoms with van der Waals surface area (Å²) in [5.74, 6) is 0.707. The van der Waals surface area contributed by atoms with E-state index in [2.05, 4.69) is 15.1 Å². The standard InChI is InChI=1S/C17H19N5O5S/c1-11-9-12(2)22-17(19-11)20-15(21-22)10-16(23)27-8-7-26-13-3-5-14(6-4-13)28(18,24)25/h3-6,9H,7-8,10H2,1-2H3,(H2,18,24,25). The van der Waals surface area contributed by atoms with Crippen LogP contribution >= 0.6 is 0 Å². The molecule has 0 saturated heterocycles. The van der Waals surface area contributed by atoms with Crippen molar-refractivity contribution in [2.75, 3.05) is 13.2 Å². The van der Waals surface area contributed by atoms with Crippen molar-refractivity contribution in [3.05, 3.63) is 47.5 Å². The zero-order valence-corrected chi connectivity index (χ0v) is 16.1. The maximum Gasteiger partial charge on any atom is 0.313 e. The zero-order chi connectivity index (χ0) is 20.3. The molecule has 0 unspecified atom stereocenters. The first-order valence-corrected chi connectivity index (χ1v) is 9.88. The number of carbonyl (C=O) groups excluding carboxylic acids is 1. The number of nitrogens with zero attached hydrogens (tertiary/aromatic N) is 4. The fraction of sp³-hybridized carbons (Fsp3) is 0.294. The lowest BCUT2D eigenvalue weighted by Crippen LogP contribution is -2.15. The third-order valence-electron chi connectivity index (χ3n) is 3.73. The van der Waals surface area contributed by atoms with Gasteiger partial charge in [0.25, 0.3) is 5.78 Å². The van der Waals surface area contributed by atoms with E-state index in [1.54, 1.807) is 4.52 Å². The Bertz CT molecular complexity index is 1110. The number of aryl methyl sites for hydroxylation is 2. The number of fused-ring (bicyclic) bond motifs is 1. The third-order valence-corrected chi connectivity index (χ3v) is 4.66. The summed E-state index contributed by atoms with van der Waals surface area (Å²) in [6.45, 7) is 3.88. The molecule has 0 saturated carbocycles. The number of carbonyl (C=O) groups is 1. The number of esters is 1. The van der Waals surface area contributed by atoms with Gasteiger partial charge in [0.2, 0.25) is 10.0 Å². The normalized spacial score (nSPS) is 11.5. The van der Waals surface area contributed by atoms with Gasteiger partial charge in [0.15, 0.2) is 5.82 Å². The highest BCUT2D eigenvalue weighted by molar-refractivity contribution is 7.89. The predicted molar refractivity (Wildman–Crippen MR) is 98.2 cm³/mol. The number of benzene rings is 1. The second-order valence-corrected chi connectivity index (χ2v) is 7.60. The summed E-state index contributed by atoms with van der Waals surface area (Å²) >= 11 is 0. The monoisotopic (exact) mass is 405 g/mol. The Balaban J connectivity index is 1.48. The molecule has 28 heavy (non-hydrogen) atoms. The molecule has 0 aliphatic rings. The Morgan fingerprint density at radius 3 is 2.54 bits per heavy atom. The molecule has 148 valence electrons. The molecule has 0 spiro atoms. The van der Waals surface area contributed by atoms with Gasteiger partial charge in [-0.3, -0.25) is 4.79 Å². The van der Waals surface area contributed by atoms with Crippen molar-refractivity contribution in [3.8, 4) is 5.75 Å². The molecule has 0 fully saturated rings. The number of ether oxygens (including phenoxy) is 2. The minimum absolute atomic E-state index is 0.00819. The molecular formula is C17H19N5O5S. The fourth-order valence-electron chi connectivity index (χ4n) is 2.50. The molecule has 0 aliphatic heterocycles. The number of hydrogen-bond donors (Lipinski definition) is 1. The van der Waals surface area contributed by atoms with E-state index in [1.807, 2.05) is 19.9 Å². The number of nitrogens with two attached hydrogens (primary N) is 1. The first-order chi connectivity index (χ1) is 13.2. The van der Waals surface area contributed by atoms with Gasteiger partial charge in [-0.25, -0.2) is 23.1 Å². The van der Waals surface area contributed by atoms with Crippen molar-refractivity contribution in [2.24, 2.45) is 5.14 Å². The second-order valence-electron chi connectivity index (χ2n) is 6.04. The predicted octanol–water partition coefficient (Wildman–Crippen LogP) is 0.553. The smallest absolute Gasteiger partial charge is 0.313 e. The lowest BCUT2D eigenvalue weighted by molar-refractivity contribution is -0.143. The lowest BCUT2D eigenvalue weighted by atomic mass is 10.3. The lowest BCUT2D eigenvalue weighted by Gasteiger charge is -2.07. The minimum Gasteiger partial charge on any atom is -0.490 e. The van der Waals surface area contributed by atoms with Crippen LogP contribution in [0.4, 0.5) is 0 Å². The van der Waals surface area contributed by atoms with Crippen LogP contribution < -0.4 is 9.88 Å². The highest BCUT2D eigenvalue weighted by atomic mass is 32.2. The Labute approximate surface area is 161 Å². The Morgan fingerprint density at radius 1 is 1.14 bits per heavy atom. The topological polar surface area (TPSA) is 139 Å². The van der Waals surface area contributed by atoms with Gasteiger partial charge in [0.05, 0.1) is 4.90 Å². The second kappa shape index (κ2) is 7.90. The van der Waals surface area contributed by atoms with Crippen LogP contribution in [0.3, 0.4) is 0 Å². The quantitative estimate of drug-likeness (QED) is 0.444. The molecule has 2 aromatic heterocycles. The van der Waals surface area contributed by atoms with Crippen molar-refractivity contribution in [1.82, 2.24) is 19.6 Å². The van der Waals surface area contributed by atoms with Crippen LogP contribution in [0, 0.1) is 13.8 Å². The number of hydrogen-bond acceptors (Lipinski definition) is 8. The van der Waals surface area contributed by atoms with Gasteiger partial charge in [0, 0.05) is 11.4 Å². The molecule has 11 heteroatoms. The summed E-state index contributed by atoms with van der Waals surface area (Å²) in [4.78, 5) is 20.4. The first kappa shape index (κ1) is 19.7. The van der Waals surface area contributed by atoms with Crippen LogP contribution in [0.2, 0.25) is 0 Å². The maximum atomic E-state index is 11.9. The largest absolute Gasteiger partial charge is 0.490 e. The van der Waals surface area contributed by atoms with Crippen LogP contribution in [-0.2, 0) is 26.0 Å². The molecule has 0 bridgehead atoms. The number of rotatable bonds is 7. The Morgan fingerprint density at radius 2 is 1.86 bits per heavy atom. The van der Waals surface area contributed by atoms with Crippen LogP contribution in [0.5, 0.6) is 5.75 Å². The van der Waals surface area contributed by atoms with E-state index in [-0.39, 0.29) is 24.5 Å². The van der Waals surface area contributed by atoms with E-state index in [0.717, 1.165) is 11.4 Å². The molecule has 10 nitrogen and oxygen atoms in total. The van der Waals surface area contributed by atoms with E-state index in [4.69, 9.17) is 14.6 Å². The average molecular weight is 405 g/mol. The summed E-state index contributed by atoms with van der Waals surface area (Å²) in [7, 11) is -3.74. The zero-order valence-electron chi connectivity index (χ0n) is 15.3. The summed E-state index contributed by atoms with van der Waals surface area (Å²) in [5.41, 5.74) is 1.69. The molecule has 0 aliphatic carbocycles. The van der Waals surface area contributed by atoms with Crippen molar-refractivity contribution in [3.63, 3.8) is 0 Å². The Kier molecular flexibility index (Phi) is 5.56. The van der Waals surface area contributed by atoms with Gasteiger partial charge in [0.1, 0.15) is 25.4 Å². The SMILES string of the molecule is Cc1cc(C)n2nc(CC(=O)OCCOc3ccc(S(N)(=O)=O)cc3)nc2n1. The number of primary sulfonamides is 1. The average Bonchev–Trinajstić information content (AvgIpc) is 3.01. The van der Waals surface area contributed by atoms with E-state index < -0.39 is 16.0 Å². The Hall–Kier alpha value is -3.05. The highest BCUT2D eigenvalue weighted by Crippen LogP contribution is 2.14. The van der Waals surface area contributed by atoms with Gasteiger partial charge >= 0.3 is 5.97 Å². The van der Waals surface area contributed by atoms with E-state index in [9.17, 15) is 13.2 Å². The molecule has 2 heterocycles. The van der Waals surface area contributed by atoms with Crippen molar-refractivity contribution in [2.45, 2.75) is 25.2 Å². The van der Waals surface area contributed by atoms with Crippen LogP contribution in [-0.4, -0.2) is 47.2 Å². The molecule has 0 amide bonds. The molecule has 0 radical (unpaired) electrons. The van der Waals surface area contributed by atoms with Gasteiger partial charge in [-0.2, -0.15) is 4.98 Å². The number of aromatic nitrogens is 4. The molecule has 3 aromatic rings. The van der Waals surface area contributed by atoms with E-state index in [1.165, 1.54) is 24.3 Å². The summed E-state index contributed by atoms with van der Waals surface area (Å²) < 4.78 is 34.4. The molecule has 1 aromatic carbocycles. The van der Waals surface area contributed by atoms with Gasteiger partial charge in [-0.05, 0) is 44.2 Å². The van der Waals surface area contributed by atoms with Gasteiger partial charge in [-0.15, -0.1) is 5.10 Å². The summed E-state index contributed by atoms with van der Waals surface area (Å²) in [5, 5.41) is 9.27. The molecular weight excluding hydrogens is 386 g/mol. The van der Waals surface area contributed by atoms with E-state index >= 15 is 0 Å². The molecule has 2 N–H and O–H groups in total. The van der Waals surface area contributed by atoms with Crippen LogP contribution in [0.25, 0.3) is 5.78 Å². The summed E-state index contributed by atoms with van der Waals surface area (Å²) in [6, 6.07) is 7.49. The third kappa shape index (κ3) is 4.81. The van der Waals surface area contributed by atoms with Crippen molar-refractivity contribution >= 4 is 21.8 Å². The highest BCUT2D eigenvalue weighted by Gasteiger charge is 2.13. The summed E-state index contributed by atoms with van der Waals surface area (Å²) in [6.07, 6.45) is -0.0785. The van der Waals surface area contributed by atoms with Crippen LogP contribution in [0.1, 0.15) is 17.2 Å². The first-order valence-electron chi connectivity index (χ1n) is 8.33. The maximum absolute atomic E-state index is 11.9. The minimum atomic E-state index is -3.74. The molecule has 0 atom stereocenters. The van der Waals surface area contributed by atoms with Gasteiger partial charge in [-0.1, -0.05) is 0 Å². The van der Waals surface area contributed by atoms with Crippen molar-refractivity contribution in [1.29, 1.82) is 0 Å². The fourth-order valence-corrected chi connectivity index (χ4v) is 3.02. The van der Waals surface area contributed by atoms with Crippen LogP contribution in [0.15, 0.2) is 35.2 Å². The van der Waals surface area contributed by atoms with E-state index in [0.29, 0.717) is 17.4 Å². The number of sulfonamides is 1. The molecule has 3 rings (SSSR count).